The molecule has 142 valence electrons. The van der Waals surface area contributed by atoms with Crippen LogP contribution in [0, 0.1) is 5.92 Å². The average Bonchev–Trinajstić information content (AvgIpc) is 3.04. The molecule has 0 saturated carbocycles. The molecular weight excluding hydrogens is 348 g/mol. The zero-order valence-corrected chi connectivity index (χ0v) is 16.8. The molecule has 0 amide bonds. The number of hydrogen-bond acceptors (Lipinski definition) is 4. The van der Waals surface area contributed by atoms with Crippen LogP contribution in [0.3, 0.4) is 0 Å². The zero-order valence-electron chi connectivity index (χ0n) is 16.0. The zero-order chi connectivity index (χ0) is 18.9. The summed E-state index contributed by atoms with van der Waals surface area (Å²) in [6, 6.07) is 8.01. The Morgan fingerprint density at radius 3 is 2.65 bits per heavy atom. The maximum atomic E-state index is 12.8. The molecule has 0 unspecified atom stereocenters. The topological polar surface area (TPSA) is 66.3 Å². The standard InChI is InChI=1S/C20H28N2O3S/c1-14(21-26(24)20(2,3)4)16-5-6-18-17(13-16)7-10-22(18)19(23)15-8-11-25-12-9-15/h5-7,10,13-15,21H,8-9,11-12H2,1-4H3/t14-,26-/m1/s1. The van der Waals surface area contributed by atoms with E-state index in [0.29, 0.717) is 13.2 Å². The highest BCUT2D eigenvalue weighted by Gasteiger charge is 2.28. The van der Waals surface area contributed by atoms with Crippen LogP contribution < -0.4 is 4.72 Å². The first kappa shape index (κ1) is 19.4. The first-order valence-electron chi connectivity index (χ1n) is 9.18. The Morgan fingerprint density at radius 2 is 2.00 bits per heavy atom. The summed E-state index contributed by atoms with van der Waals surface area (Å²) in [4.78, 5) is 12.8. The average molecular weight is 377 g/mol. The third-order valence-corrected chi connectivity index (χ3v) is 6.54. The van der Waals surface area contributed by atoms with Gasteiger partial charge in [-0.15, -0.1) is 4.72 Å². The fraction of sp³-hybridized carbons (Fsp3) is 0.550. The molecule has 1 aliphatic heterocycles. The number of nitrogens with zero attached hydrogens (tertiary/aromatic N) is 1. The van der Waals surface area contributed by atoms with E-state index in [0.717, 1.165) is 29.3 Å². The molecule has 1 N–H and O–H groups in total. The van der Waals surface area contributed by atoms with Gasteiger partial charge in [-0.25, -0.2) is 0 Å². The van der Waals surface area contributed by atoms with Gasteiger partial charge in [0.25, 0.3) is 0 Å². The SMILES string of the molecule is C[C@@H](N[S@+]([O-])C(C)(C)C)c1ccc2c(ccn2C(=O)C2CCOCC2)c1. The molecule has 0 spiro atoms. The van der Waals surface area contributed by atoms with Crippen LogP contribution in [-0.4, -0.2) is 33.0 Å². The number of carbonyl (C=O) groups excluding carboxylic acids is 1. The summed E-state index contributed by atoms with van der Waals surface area (Å²) in [6.45, 7) is 9.19. The van der Waals surface area contributed by atoms with Crippen molar-refractivity contribution in [2.75, 3.05) is 13.2 Å². The van der Waals surface area contributed by atoms with Crippen molar-refractivity contribution in [3.63, 3.8) is 0 Å². The van der Waals surface area contributed by atoms with Gasteiger partial charge in [-0.05, 0) is 64.3 Å². The van der Waals surface area contributed by atoms with Crippen molar-refractivity contribution >= 4 is 28.2 Å². The Morgan fingerprint density at radius 1 is 1.31 bits per heavy atom. The smallest absolute Gasteiger partial charge is 0.234 e. The number of fused-ring (bicyclic) bond motifs is 1. The van der Waals surface area contributed by atoms with Gasteiger partial charge in [0.15, 0.2) is 0 Å². The molecule has 0 bridgehead atoms. The second kappa shape index (κ2) is 7.72. The van der Waals surface area contributed by atoms with Crippen LogP contribution in [0.4, 0.5) is 0 Å². The van der Waals surface area contributed by atoms with E-state index in [2.05, 4.69) is 10.8 Å². The molecule has 2 heterocycles. The van der Waals surface area contributed by atoms with Crippen LogP contribution in [0.25, 0.3) is 10.9 Å². The third-order valence-electron chi connectivity index (χ3n) is 4.86. The minimum Gasteiger partial charge on any atom is -0.598 e. The summed E-state index contributed by atoms with van der Waals surface area (Å²) in [5, 5.41) is 1.03. The molecule has 1 fully saturated rings. The molecular formula is C20H28N2O3S. The lowest BCUT2D eigenvalue weighted by Gasteiger charge is -2.26. The second-order valence-electron chi connectivity index (χ2n) is 7.95. The number of ether oxygens (including phenoxy) is 1. The van der Waals surface area contributed by atoms with Crippen LogP contribution in [0.15, 0.2) is 30.5 Å². The number of rotatable bonds is 4. The molecule has 3 rings (SSSR count). The summed E-state index contributed by atoms with van der Waals surface area (Å²) in [6.07, 6.45) is 3.43. The summed E-state index contributed by atoms with van der Waals surface area (Å²) in [5.74, 6) is 0.185. The van der Waals surface area contributed by atoms with Gasteiger partial charge in [0.05, 0.1) is 11.6 Å². The van der Waals surface area contributed by atoms with Gasteiger partial charge in [0.2, 0.25) is 5.91 Å². The Labute approximate surface area is 158 Å². The van der Waals surface area contributed by atoms with Crippen LogP contribution in [0.1, 0.15) is 56.9 Å². The van der Waals surface area contributed by atoms with Crippen molar-refractivity contribution in [3.8, 4) is 0 Å². The highest BCUT2D eigenvalue weighted by Crippen LogP contribution is 2.26. The molecule has 0 aliphatic carbocycles. The fourth-order valence-electron chi connectivity index (χ4n) is 3.17. The van der Waals surface area contributed by atoms with E-state index >= 15 is 0 Å². The van der Waals surface area contributed by atoms with Crippen LogP contribution >= 0.6 is 0 Å². The van der Waals surface area contributed by atoms with E-state index in [9.17, 15) is 9.35 Å². The largest absolute Gasteiger partial charge is 0.598 e. The second-order valence-corrected chi connectivity index (χ2v) is 9.95. The fourth-order valence-corrected chi connectivity index (χ4v) is 3.98. The summed E-state index contributed by atoms with van der Waals surface area (Å²) < 4.78 is 22.3. The highest BCUT2D eigenvalue weighted by atomic mass is 32.2. The monoisotopic (exact) mass is 376 g/mol. The van der Waals surface area contributed by atoms with Crippen molar-refractivity contribution in [2.45, 2.75) is 51.3 Å². The maximum Gasteiger partial charge on any atom is 0.234 e. The van der Waals surface area contributed by atoms with Gasteiger partial charge >= 0.3 is 0 Å². The van der Waals surface area contributed by atoms with Crippen LogP contribution in [0.5, 0.6) is 0 Å². The Bertz CT molecular complexity index is 775. The normalized spacial score (nSPS) is 18.8. The lowest BCUT2D eigenvalue weighted by molar-refractivity contribution is 0.0490. The van der Waals surface area contributed by atoms with Crippen molar-refractivity contribution in [1.82, 2.24) is 9.29 Å². The molecule has 5 nitrogen and oxygen atoms in total. The highest BCUT2D eigenvalue weighted by molar-refractivity contribution is 7.90. The number of aromatic nitrogens is 1. The van der Waals surface area contributed by atoms with Gasteiger partial charge in [0.1, 0.15) is 4.75 Å². The van der Waals surface area contributed by atoms with Gasteiger partial charge < -0.3 is 9.29 Å². The van der Waals surface area contributed by atoms with Crippen molar-refractivity contribution in [3.05, 3.63) is 36.0 Å². The molecule has 26 heavy (non-hydrogen) atoms. The van der Waals surface area contributed by atoms with Gasteiger partial charge in [-0.1, -0.05) is 6.07 Å². The number of carbonyl (C=O) groups is 1. The van der Waals surface area contributed by atoms with Gasteiger partial charge in [-0.3, -0.25) is 9.36 Å². The van der Waals surface area contributed by atoms with E-state index in [4.69, 9.17) is 4.74 Å². The lowest BCUT2D eigenvalue weighted by atomic mass is 9.99. The molecule has 2 atom stereocenters. The van der Waals surface area contributed by atoms with Crippen LogP contribution in [0.2, 0.25) is 0 Å². The Kier molecular flexibility index (Phi) is 5.77. The molecule has 1 saturated heterocycles. The van der Waals surface area contributed by atoms with Crippen molar-refractivity contribution in [1.29, 1.82) is 0 Å². The summed E-state index contributed by atoms with van der Waals surface area (Å²) in [7, 11) is 0. The minimum absolute atomic E-state index is 0.0333. The third kappa shape index (κ3) is 4.14. The summed E-state index contributed by atoms with van der Waals surface area (Å²) in [5.41, 5.74) is 1.99. The molecule has 6 heteroatoms. The minimum atomic E-state index is -1.13. The van der Waals surface area contributed by atoms with E-state index in [1.54, 1.807) is 4.57 Å². The first-order chi connectivity index (χ1) is 12.3. The molecule has 0 radical (unpaired) electrons. The number of hydrogen-bond donors (Lipinski definition) is 1. The van der Waals surface area contributed by atoms with Gasteiger partial charge in [-0.2, -0.15) is 0 Å². The van der Waals surface area contributed by atoms with Crippen LogP contribution in [-0.2, 0) is 16.1 Å². The summed E-state index contributed by atoms with van der Waals surface area (Å²) >= 11 is -1.13. The first-order valence-corrected chi connectivity index (χ1v) is 10.3. The van der Waals surface area contributed by atoms with Crippen molar-refractivity contribution < 1.29 is 14.1 Å². The predicted molar refractivity (Wildman–Crippen MR) is 106 cm³/mol. The van der Waals surface area contributed by atoms with E-state index in [1.807, 2.05) is 52.1 Å². The number of nitrogens with one attached hydrogen (secondary N) is 1. The molecule has 1 aliphatic rings. The van der Waals surface area contributed by atoms with Crippen molar-refractivity contribution in [2.24, 2.45) is 5.92 Å². The molecule has 2 aromatic rings. The molecule has 1 aromatic heterocycles. The molecule has 1 aromatic carbocycles. The maximum absolute atomic E-state index is 12.8. The van der Waals surface area contributed by atoms with E-state index < -0.39 is 11.4 Å². The Balaban J connectivity index is 1.79. The Hall–Kier alpha value is -1.34. The quantitative estimate of drug-likeness (QED) is 0.824. The van der Waals surface area contributed by atoms with E-state index in [1.165, 1.54) is 0 Å². The van der Waals surface area contributed by atoms with Gasteiger partial charge in [0, 0.05) is 42.1 Å². The number of benzene rings is 1. The predicted octanol–water partition coefficient (Wildman–Crippen LogP) is 3.82. The van der Waals surface area contributed by atoms with E-state index in [-0.39, 0.29) is 22.6 Å². The lowest BCUT2D eigenvalue weighted by Crippen LogP contribution is -2.40.